The van der Waals surface area contributed by atoms with E-state index in [1.54, 1.807) is 6.07 Å². The molecule has 1 aromatic heterocycles. The van der Waals surface area contributed by atoms with Gasteiger partial charge in [-0.25, -0.2) is 9.37 Å². The summed E-state index contributed by atoms with van der Waals surface area (Å²) in [5.41, 5.74) is 3.15. The molecule has 0 amide bonds. The van der Waals surface area contributed by atoms with Crippen molar-refractivity contribution < 1.29 is 8.81 Å². The number of aryl methyl sites for hydroxylation is 1. The number of halogens is 3. The summed E-state index contributed by atoms with van der Waals surface area (Å²) in [5.74, 6) is -0.0400. The van der Waals surface area contributed by atoms with Crippen LogP contribution in [0.15, 0.2) is 39.2 Å². The van der Waals surface area contributed by atoms with Crippen molar-refractivity contribution in [1.29, 1.82) is 0 Å². The number of aromatic nitrogens is 1. The summed E-state index contributed by atoms with van der Waals surface area (Å²) >= 11 is 9.21. The van der Waals surface area contributed by atoms with E-state index in [0.29, 0.717) is 17.0 Å². The predicted molar refractivity (Wildman–Crippen MR) is 76.9 cm³/mol. The second kappa shape index (κ2) is 4.62. The number of hydrogen-bond donors (Lipinski definition) is 0. The average molecular weight is 341 g/mol. The molecule has 3 aromatic rings. The van der Waals surface area contributed by atoms with E-state index in [0.717, 1.165) is 15.6 Å². The third-order valence-electron chi connectivity index (χ3n) is 2.76. The summed E-state index contributed by atoms with van der Waals surface area (Å²) in [7, 11) is 0. The fourth-order valence-corrected chi connectivity index (χ4v) is 2.70. The predicted octanol–water partition coefficient (Wildman–Crippen LogP) is 5.36. The van der Waals surface area contributed by atoms with Gasteiger partial charge in [0.15, 0.2) is 5.58 Å². The van der Waals surface area contributed by atoms with Crippen LogP contribution < -0.4 is 0 Å². The molecule has 2 nitrogen and oxygen atoms in total. The van der Waals surface area contributed by atoms with Gasteiger partial charge in [0, 0.05) is 5.56 Å². The Morgan fingerprint density at radius 1 is 1.26 bits per heavy atom. The number of hydrogen-bond acceptors (Lipinski definition) is 2. The number of oxazole rings is 1. The zero-order valence-corrected chi connectivity index (χ0v) is 12.2. The molecule has 5 heteroatoms. The van der Waals surface area contributed by atoms with E-state index in [4.69, 9.17) is 16.0 Å². The smallest absolute Gasteiger partial charge is 0.227 e. The molecule has 0 saturated heterocycles. The molecule has 0 radical (unpaired) electrons. The highest BCUT2D eigenvalue weighted by Gasteiger charge is 2.12. The Labute approximate surface area is 122 Å². The monoisotopic (exact) mass is 339 g/mol. The average Bonchev–Trinajstić information content (AvgIpc) is 2.76. The highest BCUT2D eigenvalue weighted by atomic mass is 79.9. The van der Waals surface area contributed by atoms with Crippen LogP contribution in [0.25, 0.3) is 22.6 Å². The van der Waals surface area contributed by atoms with Crippen molar-refractivity contribution in [2.75, 3.05) is 0 Å². The number of nitrogens with zero attached hydrogens (tertiary/aromatic N) is 1. The lowest BCUT2D eigenvalue weighted by molar-refractivity contribution is 0.615. The van der Waals surface area contributed by atoms with Gasteiger partial charge in [-0.3, -0.25) is 0 Å². The fourth-order valence-electron chi connectivity index (χ4n) is 1.88. The van der Waals surface area contributed by atoms with Gasteiger partial charge in [-0.15, -0.1) is 0 Å². The van der Waals surface area contributed by atoms with Crippen LogP contribution in [0.5, 0.6) is 0 Å². The van der Waals surface area contributed by atoms with Gasteiger partial charge in [-0.2, -0.15) is 0 Å². The van der Waals surface area contributed by atoms with Gasteiger partial charge in [0.25, 0.3) is 0 Å². The fraction of sp³-hybridized carbons (Fsp3) is 0.0714. The van der Waals surface area contributed by atoms with E-state index in [2.05, 4.69) is 20.9 Å². The lowest BCUT2D eigenvalue weighted by Crippen LogP contribution is -1.80. The van der Waals surface area contributed by atoms with Crippen molar-refractivity contribution in [3.05, 3.63) is 51.2 Å². The van der Waals surface area contributed by atoms with Crippen LogP contribution >= 0.6 is 27.5 Å². The topological polar surface area (TPSA) is 26.0 Å². The van der Waals surface area contributed by atoms with Crippen LogP contribution in [0.3, 0.4) is 0 Å². The molecule has 1 heterocycles. The lowest BCUT2D eigenvalue weighted by Gasteiger charge is -1.97. The van der Waals surface area contributed by atoms with Gasteiger partial charge >= 0.3 is 0 Å². The quantitative estimate of drug-likeness (QED) is 0.596. The summed E-state index contributed by atoms with van der Waals surface area (Å²) in [4.78, 5) is 4.40. The van der Waals surface area contributed by atoms with Gasteiger partial charge in [0.1, 0.15) is 11.3 Å². The first-order valence-electron chi connectivity index (χ1n) is 5.57. The minimum atomic E-state index is -0.460. The molecule has 3 rings (SSSR count). The number of rotatable bonds is 1. The maximum atomic E-state index is 13.1. The Bertz CT molecular complexity index is 784. The Morgan fingerprint density at radius 3 is 2.79 bits per heavy atom. The molecule has 2 aromatic carbocycles. The molecular weight excluding hydrogens is 333 g/mol. The van der Waals surface area contributed by atoms with Crippen molar-refractivity contribution in [2.24, 2.45) is 0 Å². The maximum absolute atomic E-state index is 13.1. The van der Waals surface area contributed by atoms with E-state index < -0.39 is 5.82 Å². The van der Waals surface area contributed by atoms with E-state index in [9.17, 15) is 4.39 Å². The molecule has 0 aliphatic heterocycles. The molecule has 0 atom stereocenters. The van der Waals surface area contributed by atoms with Gasteiger partial charge < -0.3 is 4.42 Å². The van der Waals surface area contributed by atoms with Gasteiger partial charge in [-0.1, -0.05) is 11.6 Å². The first-order valence-corrected chi connectivity index (χ1v) is 6.74. The molecule has 0 unspecified atom stereocenters. The third-order valence-corrected chi connectivity index (χ3v) is 3.63. The van der Waals surface area contributed by atoms with E-state index in [1.165, 1.54) is 12.1 Å². The molecule has 0 spiro atoms. The van der Waals surface area contributed by atoms with E-state index in [1.807, 2.05) is 19.1 Å². The Balaban J connectivity index is 2.20. The summed E-state index contributed by atoms with van der Waals surface area (Å²) in [6.45, 7) is 1.98. The molecule has 19 heavy (non-hydrogen) atoms. The Morgan fingerprint density at radius 2 is 2.05 bits per heavy atom. The second-order valence-electron chi connectivity index (χ2n) is 4.24. The van der Waals surface area contributed by atoms with Crippen LogP contribution in [0.1, 0.15) is 5.56 Å². The molecular formula is C14H8BrClFNO. The summed E-state index contributed by atoms with van der Waals surface area (Å²) in [6.07, 6.45) is 0. The zero-order valence-electron chi connectivity index (χ0n) is 9.88. The molecule has 0 N–H and O–H groups in total. The largest absolute Gasteiger partial charge is 0.435 e. The van der Waals surface area contributed by atoms with Gasteiger partial charge in [-0.05, 0) is 58.7 Å². The van der Waals surface area contributed by atoms with Crippen LogP contribution in [0.4, 0.5) is 4.39 Å². The first kappa shape index (κ1) is 12.6. The number of benzene rings is 2. The zero-order chi connectivity index (χ0) is 13.6. The SMILES string of the molecule is Cc1cc(Br)c2oc(-c3ccc(F)c(Cl)c3)nc2c1. The minimum Gasteiger partial charge on any atom is -0.435 e. The lowest BCUT2D eigenvalue weighted by atomic mass is 10.2. The van der Waals surface area contributed by atoms with Crippen molar-refractivity contribution in [3.63, 3.8) is 0 Å². The summed E-state index contributed by atoms with van der Waals surface area (Å²) in [5, 5.41) is 0.0509. The minimum absolute atomic E-state index is 0.0509. The molecule has 0 aliphatic rings. The van der Waals surface area contributed by atoms with Crippen LogP contribution in [0, 0.1) is 12.7 Å². The van der Waals surface area contributed by atoms with Crippen molar-refractivity contribution in [2.45, 2.75) is 6.92 Å². The van der Waals surface area contributed by atoms with Crippen molar-refractivity contribution in [3.8, 4) is 11.5 Å². The van der Waals surface area contributed by atoms with Gasteiger partial charge in [0.2, 0.25) is 5.89 Å². The molecule has 0 fully saturated rings. The Kier molecular flexibility index (Phi) is 3.07. The second-order valence-corrected chi connectivity index (χ2v) is 5.50. The molecule has 0 bridgehead atoms. The standard InChI is InChI=1S/C14H8BrClFNO/c1-7-4-9(15)13-12(5-7)18-14(19-13)8-2-3-11(17)10(16)6-8/h2-6H,1H3. The van der Waals surface area contributed by atoms with Gasteiger partial charge in [0.05, 0.1) is 9.50 Å². The first-order chi connectivity index (χ1) is 9.04. The molecule has 96 valence electrons. The molecule has 0 saturated carbocycles. The maximum Gasteiger partial charge on any atom is 0.227 e. The van der Waals surface area contributed by atoms with Crippen molar-refractivity contribution >= 4 is 38.6 Å². The Hall–Kier alpha value is -1.39. The highest BCUT2D eigenvalue weighted by molar-refractivity contribution is 9.10. The number of fused-ring (bicyclic) bond motifs is 1. The van der Waals surface area contributed by atoms with Crippen LogP contribution in [0.2, 0.25) is 5.02 Å². The summed E-state index contributed by atoms with van der Waals surface area (Å²) < 4.78 is 19.7. The molecule has 0 aliphatic carbocycles. The van der Waals surface area contributed by atoms with Crippen LogP contribution in [-0.2, 0) is 0 Å². The van der Waals surface area contributed by atoms with Crippen LogP contribution in [-0.4, -0.2) is 4.98 Å². The van der Waals surface area contributed by atoms with E-state index in [-0.39, 0.29) is 5.02 Å². The summed E-state index contributed by atoms with van der Waals surface area (Å²) in [6, 6.07) is 8.27. The van der Waals surface area contributed by atoms with Crippen molar-refractivity contribution in [1.82, 2.24) is 4.98 Å². The third kappa shape index (κ3) is 2.26. The van der Waals surface area contributed by atoms with E-state index >= 15 is 0 Å². The normalized spacial score (nSPS) is 11.2. The highest BCUT2D eigenvalue weighted by Crippen LogP contribution is 2.31.